The lowest BCUT2D eigenvalue weighted by Gasteiger charge is -2.45. The van der Waals surface area contributed by atoms with E-state index in [9.17, 15) is 13.6 Å². The number of fused-ring (bicyclic) bond motifs is 3. The molecule has 1 aromatic rings. The molecule has 140 valence electrons. The third kappa shape index (κ3) is 2.34. The number of aliphatic imine (C=N–C) groups is 1. The molecule has 0 unspecified atom stereocenters. The highest BCUT2D eigenvalue weighted by Gasteiger charge is 2.66. The summed E-state index contributed by atoms with van der Waals surface area (Å²) in [5.41, 5.74) is 6.44. The van der Waals surface area contributed by atoms with Crippen LogP contribution in [-0.2, 0) is 21.5 Å². The number of rotatable bonds is 2. The molecule has 26 heavy (non-hydrogen) atoms. The highest BCUT2D eigenvalue weighted by molar-refractivity contribution is 9.10. The molecule has 0 bridgehead atoms. The normalized spacial score (nSPS) is 33.4. The average Bonchev–Trinajstić information content (AvgIpc) is 2.98. The summed E-state index contributed by atoms with van der Waals surface area (Å²) in [6, 6.07) is 5.90. The van der Waals surface area contributed by atoms with E-state index < -0.39 is 23.7 Å². The molecule has 1 aromatic carbocycles. The van der Waals surface area contributed by atoms with Crippen molar-refractivity contribution in [3.63, 3.8) is 0 Å². The van der Waals surface area contributed by atoms with Crippen LogP contribution < -0.4 is 5.73 Å². The fraction of sp³-hybridized carbons (Fsp3) is 0.556. The van der Waals surface area contributed by atoms with Crippen molar-refractivity contribution in [2.45, 2.75) is 50.4 Å². The van der Waals surface area contributed by atoms with Crippen LogP contribution >= 0.6 is 15.9 Å². The maximum Gasteiger partial charge on any atom is 0.345 e. The second-order valence-corrected chi connectivity index (χ2v) is 8.31. The Kier molecular flexibility index (Phi) is 4.11. The third-order valence-electron chi connectivity index (χ3n) is 6.18. The maximum atomic E-state index is 13.3. The van der Waals surface area contributed by atoms with Crippen LogP contribution in [0.15, 0.2) is 27.7 Å². The number of carbonyl (C=O) groups excluding carboxylic acids is 1. The molecular formula is C18H20BrF2N3O2. The van der Waals surface area contributed by atoms with E-state index in [1.54, 1.807) is 7.05 Å². The molecule has 0 aromatic heterocycles. The molecule has 0 saturated heterocycles. The van der Waals surface area contributed by atoms with Crippen molar-refractivity contribution in [3.8, 4) is 0 Å². The van der Waals surface area contributed by atoms with Gasteiger partial charge in [-0.1, -0.05) is 22.0 Å². The van der Waals surface area contributed by atoms with Crippen molar-refractivity contribution in [2.24, 2.45) is 16.1 Å². The van der Waals surface area contributed by atoms with Crippen LogP contribution in [0.5, 0.6) is 0 Å². The minimum atomic E-state index is -2.77. The van der Waals surface area contributed by atoms with Crippen molar-refractivity contribution in [2.75, 3.05) is 7.05 Å². The number of ether oxygens (including phenoxy) is 1. The molecule has 2 aliphatic carbocycles. The van der Waals surface area contributed by atoms with Gasteiger partial charge >= 0.3 is 6.61 Å². The zero-order valence-electron chi connectivity index (χ0n) is 14.3. The van der Waals surface area contributed by atoms with E-state index in [0.717, 1.165) is 15.6 Å². The van der Waals surface area contributed by atoms with Crippen molar-refractivity contribution in [3.05, 3.63) is 33.8 Å². The number of likely N-dealkylation sites (N-methyl/N-ethyl adjacent to an activating group) is 1. The predicted octanol–water partition coefficient (Wildman–Crippen LogP) is 3.16. The van der Waals surface area contributed by atoms with E-state index in [-0.39, 0.29) is 11.9 Å². The Morgan fingerprint density at radius 3 is 2.65 bits per heavy atom. The minimum Gasteiger partial charge on any atom is -0.369 e. The molecular weight excluding hydrogens is 408 g/mol. The Morgan fingerprint density at radius 2 is 2.08 bits per heavy atom. The summed E-state index contributed by atoms with van der Waals surface area (Å²) >= 11 is 3.49. The van der Waals surface area contributed by atoms with E-state index in [1.165, 1.54) is 4.90 Å². The van der Waals surface area contributed by atoms with Crippen LogP contribution in [0.4, 0.5) is 8.78 Å². The predicted molar refractivity (Wildman–Crippen MR) is 95.7 cm³/mol. The summed E-state index contributed by atoms with van der Waals surface area (Å²) in [4.78, 5) is 19.4. The van der Waals surface area contributed by atoms with Crippen molar-refractivity contribution in [1.82, 2.24) is 4.90 Å². The van der Waals surface area contributed by atoms with Gasteiger partial charge in [0.1, 0.15) is 0 Å². The number of nitrogens with zero attached hydrogens (tertiary/aromatic N) is 2. The molecule has 1 saturated carbocycles. The van der Waals surface area contributed by atoms with Gasteiger partial charge in [0.15, 0.2) is 11.5 Å². The number of guanidine groups is 1. The molecule has 5 nitrogen and oxygen atoms in total. The Morgan fingerprint density at radius 1 is 1.38 bits per heavy atom. The minimum absolute atomic E-state index is 0.139. The zero-order chi connectivity index (χ0) is 18.7. The molecule has 1 atom stereocenters. The van der Waals surface area contributed by atoms with E-state index in [1.807, 2.05) is 18.2 Å². The number of benzene rings is 1. The van der Waals surface area contributed by atoms with Crippen molar-refractivity contribution >= 4 is 27.8 Å². The van der Waals surface area contributed by atoms with Gasteiger partial charge in [0.25, 0.3) is 5.91 Å². The molecule has 2 spiro atoms. The quantitative estimate of drug-likeness (QED) is 0.787. The first-order valence-corrected chi connectivity index (χ1v) is 9.44. The van der Waals surface area contributed by atoms with E-state index >= 15 is 0 Å². The number of halogens is 3. The van der Waals surface area contributed by atoms with Gasteiger partial charge < -0.3 is 10.5 Å². The Bertz CT molecular complexity index is 793. The SMILES string of the molecule is CN1C(=O)[C@]2(N=C1N)c1cc(Br)ccc1CC21CCC(OC(F)F)CC1. The first kappa shape index (κ1) is 17.9. The summed E-state index contributed by atoms with van der Waals surface area (Å²) in [6.45, 7) is -2.77. The van der Waals surface area contributed by atoms with Gasteiger partial charge in [-0.15, -0.1) is 0 Å². The van der Waals surface area contributed by atoms with Gasteiger partial charge in [-0.25, -0.2) is 4.99 Å². The molecule has 1 heterocycles. The first-order chi connectivity index (χ1) is 12.3. The second-order valence-electron chi connectivity index (χ2n) is 7.40. The van der Waals surface area contributed by atoms with E-state index in [4.69, 9.17) is 10.5 Å². The number of carbonyl (C=O) groups is 1. The molecule has 2 N–H and O–H groups in total. The number of hydrogen-bond donors (Lipinski definition) is 1. The van der Waals surface area contributed by atoms with Crippen LogP contribution in [0.3, 0.4) is 0 Å². The van der Waals surface area contributed by atoms with E-state index in [2.05, 4.69) is 20.9 Å². The topological polar surface area (TPSA) is 67.9 Å². The van der Waals surface area contributed by atoms with Gasteiger partial charge in [-0.3, -0.25) is 9.69 Å². The van der Waals surface area contributed by atoms with Crippen LogP contribution in [0, 0.1) is 5.41 Å². The summed E-state index contributed by atoms with van der Waals surface area (Å²) in [6.07, 6.45) is 2.35. The molecule has 3 aliphatic rings. The lowest BCUT2D eigenvalue weighted by molar-refractivity contribution is -0.178. The number of amides is 1. The summed E-state index contributed by atoms with van der Waals surface area (Å²) in [7, 11) is 1.63. The zero-order valence-corrected chi connectivity index (χ0v) is 15.9. The molecule has 1 aliphatic heterocycles. The molecule has 4 rings (SSSR count). The van der Waals surface area contributed by atoms with Gasteiger partial charge in [0, 0.05) is 16.9 Å². The van der Waals surface area contributed by atoms with Gasteiger partial charge in [-0.05, 0) is 55.4 Å². The highest BCUT2D eigenvalue weighted by atomic mass is 79.9. The van der Waals surface area contributed by atoms with Gasteiger partial charge in [0.05, 0.1) is 6.10 Å². The van der Waals surface area contributed by atoms with E-state index in [0.29, 0.717) is 32.1 Å². The van der Waals surface area contributed by atoms with Gasteiger partial charge in [-0.2, -0.15) is 8.78 Å². The van der Waals surface area contributed by atoms with Crippen molar-refractivity contribution < 1.29 is 18.3 Å². The number of nitrogens with two attached hydrogens (primary N) is 1. The Hall–Kier alpha value is -1.54. The largest absolute Gasteiger partial charge is 0.369 e. The van der Waals surface area contributed by atoms with Crippen LogP contribution in [0.2, 0.25) is 0 Å². The van der Waals surface area contributed by atoms with Crippen LogP contribution in [0.25, 0.3) is 0 Å². The Balaban J connectivity index is 1.78. The van der Waals surface area contributed by atoms with Crippen LogP contribution in [-0.4, -0.2) is 36.5 Å². The molecule has 0 radical (unpaired) electrons. The van der Waals surface area contributed by atoms with Crippen molar-refractivity contribution in [1.29, 1.82) is 0 Å². The van der Waals surface area contributed by atoms with Crippen LogP contribution in [0.1, 0.15) is 36.8 Å². The fourth-order valence-corrected chi connectivity index (χ4v) is 5.31. The molecule has 8 heteroatoms. The maximum absolute atomic E-state index is 13.3. The summed E-state index contributed by atoms with van der Waals surface area (Å²) in [5.74, 6) is 0.0632. The second kappa shape index (κ2) is 5.99. The fourth-order valence-electron chi connectivity index (χ4n) is 4.94. The van der Waals surface area contributed by atoms with Gasteiger partial charge in [0.2, 0.25) is 0 Å². The highest BCUT2D eigenvalue weighted by Crippen LogP contribution is 2.62. The molecule has 1 amide bonds. The third-order valence-corrected chi connectivity index (χ3v) is 6.68. The average molecular weight is 428 g/mol. The monoisotopic (exact) mass is 427 g/mol. The first-order valence-electron chi connectivity index (χ1n) is 8.65. The molecule has 1 fully saturated rings. The number of hydrogen-bond acceptors (Lipinski definition) is 4. The lowest BCUT2D eigenvalue weighted by Crippen LogP contribution is -2.51. The summed E-state index contributed by atoms with van der Waals surface area (Å²) in [5, 5.41) is 0. The smallest absolute Gasteiger partial charge is 0.345 e. The summed E-state index contributed by atoms with van der Waals surface area (Å²) < 4.78 is 30.7. The number of alkyl halides is 2. The standard InChI is InChI=1S/C18H20BrF2N3O2/c1-24-14(25)18(23-16(24)22)13-8-11(19)3-2-10(13)9-17(18)6-4-12(5-7-17)26-15(20)21/h2-3,8,12,15H,4-7,9H2,1H3,(H2,22,23)/t12?,17?,18-/m1/s1. The Labute approximate surface area is 158 Å². The lowest BCUT2D eigenvalue weighted by atomic mass is 9.61.